The lowest BCUT2D eigenvalue weighted by atomic mass is 9.79. The minimum atomic E-state index is -1.42. The summed E-state index contributed by atoms with van der Waals surface area (Å²) < 4.78 is 38.1. The molecule has 0 spiro atoms. The van der Waals surface area contributed by atoms with E-state index in [4.69, 9.17) is 14.7 Å². The van der Waals surface area contributed by atoms with Crippen molar-refractivity contribution in [3.05, 3.63) is 0 Å². The molecule has 1 heterocycles. The fourth-order valence-corrected chi connectivity index (χ4v) is 2.47. The quantitative estimate of drug-likeness (QED) is 0.737. The molecule has 1 saturated heterocycles. The summed E-state index contributed by atoms with van der Waals surface area (Å²) in [6.45, 7) is 7.13. The van der Waals surface area contributed by atoms with Crippen LogP contribution in [0.1, 0.15) is 33.6 Å². The van der Waals surface area contributed by atoms with E-state index < -0.39 is 24.6 Å². The van der Waals surface area contributed by atoms with Gasteiger partial charge >= 0.3 is 0 Å². The molecule has 0 bridgehead atoms. The first-order valence-electron chi connectivity index (χ1n) is 7.02. The highest BCUT2D eigenvalue weighted by Gasteiger charge is 2.42. The molecule has 2 atom stereocenters. The standard InChI is InChI=1S/C12H17F2NO2.C2H6/c1-7-5-16-12(17-6-7)8-2-10(13)9(4-15)11(14)3-8;1-2/h7-12H,2-3,5-6H2,1H3;1-2H3. The molecule has 0 aromatic carbocycles. The second-order valence-electron chi connectivity index (χ2n) is 5.06. The summed E-state index contributed by atoms with van der Waals surface area (Å²) >= 11 is 0. The Kier molecular flexibility index (Phi) is 6.67. The van der Waals surface area contributed by atoms with E-state index in [1.54, 1.807) is 6.07 Å². The van der Waals surface area contributed by atoms with Crippen molar-refractivity contribution < 1.29 is 18.3 Å². The zero-order valence-corrected chi connectivity index (χ0v) is 11.8. The number of rotatable bonds is 1. The van der Waals surface area contributed by atoms with E-state index in [1.165, 1.54) is 0 Å². The highest BCUT2D eigenvalue weighted by atomic mass is 19.1. The molecule has 2 fully saturated rings. The number of nitriles is 1. The number of nitrogens with zero attached hydrogens (tertiary/aromatic N) is 1. The Bertz CT molecular complexity index is 288. The van der Waals surface area contributed by atoms with Gasteiger partial charge in [0.05, 0.1) is 19.3 Å². The van der Waals surface area contributed by atoms with E-state index in [2.05, 4.69) is 0 Å². The maximum absolute atomic E-state index is 13.6. The summed E-state index contributed by atoms with van der Waals surface area (Å²) in [5.74, 6) is -1.09. The van der Waals surface area contributed by atoms with Crippen LogP contribution in [0, 0.1) is 29.1 Å². The first kappa shape index (κ1) is 16.3. The minimum absolute atomic E-state index is 0.150. The molecule has 0 aromatic rings. The molecule has 3 nitrogen and oxygen atoms in total. The Hall–Kier alpha value is -0.730. The van der Waals surface area contributed by atoms with Gasteiger partial charge < -0.3 is 9.47 Å². The Balaban J connectivity index is 0.000000861. The van der Waals surface area contributed by atoms with Crippen LogP contribution in [-0.2, 0) is 9.47 Å². The van der Waals surface area contributed by atoms with Crippen LogP contribution < -0.4 is 0 Å². The first-order valence-corrected chi connectivity index (χ1v) is 7.02. The average Bonchev–Trinajstić information content (AvgIpc) is 2.41. The van der Waals surface area contributed by atoms with Crippen molar-refractivity contribution in [3.63, 3.8) is 0 Å². The average molecular weight is 275 g/mol. The largest absolute Gasteiger partial charge is 0.352 e. The van der Waals surface area contributed by atoms with Gasteiger partial charge in [-0.25, -0.2) is 8.78 Å². The monoisotopic (exact) mass is 275 g/mol. The summed E-state index contributed by atoms with van der Waals surface area (Å²) in [5, 5.41) is 8.67. The van der Waals surface area contributed by atoms with Crippen LogP contribution in [0.5, 0.6) is 0 Å². The van der Waals surface area contributed by atoms with Gasteiger partial charge in [-0.15, -0.1) is 0 Å². The lowest BCUT2D eigenvalue weighted by Crippen LogP contribution is -2.43. The second kappa shape index (κ2) is 7.76. The lowest BCUT2D eigenvalue weighted by Gasteiger charge is -2.38. The van der Waals surface area contributed by atoms with Crippen LogP contribution in [-0.4, -0.2) is 31.8 Å². The maximum Gasteiger partial charge on any atom is 0.160 e. The van der Waals surface area contributed by atoms with Crippen LogP contribution in [0.25, 0.3) is 0 Å². The number of halogens is 2. The highest BCUT2D eigenvalue weighted by Crippen LogP contribution is 2.37. The van der Waals surface area contributed by atoms with E-state index >= 15 is 0 Å². The summed E-state index contributed by atoms with van der Waals surface area (Å²) in [7, 11) is 0. The van der Waals surface area contributed by atoms with E-state index in [9.17, 15) is 8.78 Å². The van der Waals surface area contributed by atoms with Gasteiger partial charge in [0.25, 0.3) is 0 Å². The zero-order chi connectivity index (χ0) is 14.4. The molecule has 19 heavy (non-hydrogen) atoms. The Labute approximate surface area is 113 Å². The molecular formula is C14H23F2NO2. The summed E-state index contributed by atoms with van der Waals surface area (Å²) in [6.07, 6.45) is -3.04. The third kappa shape index (κ3) is 4.12. The van der Waals surface area contributed by atoms with Gasteiger partial charge in [-0.1, -0.05) is 20.8 Å². The lowest BCUT2D eigenvalue weighted by molar-refractivity contribution is -0.232. The van der Waals surface area contributed by atoms with Crippen LogP contribution in [0.15, 0.2) is 0 Å². The number of hydrogen-bond donors (Lipinski definition) is 0. The van der Waals surface area contributed by atoms with Crippen LogP contribution in [0.2, 0.25) is 0 Å². The van der Waals surface area contributed by atoms with Crippen molar-refractivity contribution in [3.8, 4) is 6.07 Å². The smallest absolute Gasteiger partial charge is 0.160 e. The van der Waals surface area contributed by atoms with E-state index in [0.29, 0.717) is 19.1 Å². The molecule has 1 aliphatic heterocycles. The second-order valence-corrected chi connectivity index (χ2v) is 5.06. The van der Waals surface area contributed by atoms with Gasteiger partial charge in [0, 0.05) is 11.8 Å². The van der Waals surface area contributed by atoms with Crippen molar-refractivity contribution in [2.45, 2.75) is 52.2 Å². The first-order chi connectivity index (χ1) is 9.11. The molecule has 5 heteroatoms. The van der Waals surface area contributed by atoms with Gasteiger partial charge in [0.1, 0.15) is 18.3 Å². The fourth-order valence-electron chi connectivity index (χ4n) is 2.47. The molecule has 2 aliphatic rings. The molecule has 1 saturated carbocycles. The van der Waals surface area contributed by atoms with E-state index in [-0.39, 0.29) is 18.8 Å². The topological polar surface area (TPSA) is 42.2 Å². The van der Waals surface area contributed by atoms with Gasteiger partial charge in [-0.2, -0.15) is 5.26 Å². The Morgan fingerprint density at radius 2 is 1.53 bits per heavy atom. The minimum Gasteiger partial charge on any atom is -0.352 e. The normalized spacial score (nSPS) is 42.7. The van der Waals surface area contributed by atoms with Crippen molar-refractivity contribution in [1.82, 2.24) is 0 Å². The molecule has 0 radical (unpaired) electrons. The fraction of sp³-hybridized carbons (Fsp3) is 0.929. The molecule has 0 N–H and O–H groups in total. The van der Waals surface area contributed by atoms with E-state index in [0.717, 1.165) is 0 Å². The van der Waals surface area contributed by atoms with Gasteiger partial charge in [-0.3, -0.25) is 0 Å². The van der Waals surface area contributed by atoms with Gasteiger partial charge in [0.2, 0.25) is 0 Å². The molecule has 2 unspecified atom stereocenters. The zero-order valence-electron chi connectivity index (χ0n) is 11.8. The third-order valence-corrected chi connectivity index (χ3v) is 3.46. The maximum atomic E-state index is 13.6. The van der Waals surface area contributed by atoms with Crippen LogP contribution in [0.4, 0.5) is 8.78 Å². The van der Waals surface area contributed by atoms with Crippen molar-refractivity contribution >= 4 is 0 Å². The molecule has 1 aliphatic carbocycles. The molecular weight excluding hydrogens is 252 g/mol. The number of hydrogen-bond acceptors (Lipinski definition) is 3. The van der Waals surface area contributed by atoms with E-state index in [1.807, 2.05) is 20.8 Å². The summed E-state index contributed by atoms with van der Waals surface area (Å²) in [5.41, 5.74) is 0. The molecule has 0 amide bonds. The molecule has 2 rings (SSSR count). The Morgan fingerprint density at radius 1 is 1.05 bits per heavy atom. The number of alkyl halides is 2. The SMILES string of the molecule is CC.CC1COC(C2CC(F)C(C#N)C(F)C2)OC1. The van der Waals surface area contributed by atoms with Crippen LogP contribution >= 0.6 is 0 Å². The van der Waals surface area contributed by atoms with Crippen molar-refractivity contribution in [2.24, 2.45) is 17.8 Å². The molecule has 0 aromatic heterocycles. The molecule has 110 valence electrons. The van der Waals surface area contributed by atoms with Crippen molar-refractivity contribution in [1.29, 1.82) is 5.26 Å². The Morgan fingerprint density at radius 3 is 1.95 bits per heavy atom. The predicted octanol–water partition coefficient (Wildman–Crippen LogP) is 3.25. The highest BCUT2D eigenvalue weighted by molar-refractivity contribution is 4.99. The van der Waals surface area contributed by atoms with Gasteiger partial charge in [-0.05, 0) is 12.8 Å². The summed E-state index contributed by atoms with van der Waals surface area (Å²) in [6, 6.07) is 1.70. The van der Waals surface area contributed by atoms with Crippen LogP contribution in [0.3, 0.4) is 0 Å². The third-order valence-electron chi connectivity index (χ3n) is 3.46. The number of ether oxygens (including phenoxy) is 2. The summed E-state index contributed by atoms with van der Waals surface area (Å²) in [4.78, 5) is 0. The van der Waals surface area contributed by atoms with Gasteiger partial charge in [0.15, 0.2) is 6.29 Å². The predicted molar refractivity (Wildman–Crippen MR) is 67.8 cm³/mol. The van der Waals surface area contributed by atoms with Crippen molar-refractivity contribution in [2.75, 3.05) is 13.2 Å².